The molecule has 0 unspecified atom stereocenters. The fourth-order valence-corrected chi connectivity index (χ4v) is 2.46. The molecule has 2 nitrogen and oxygen atoms in total. The Kier molecular flexibility index (Phi) is 5.00. The Balaban J connectivity index is 2.05. The number of para-hydroxylation sites is 1. The molecule has 19 heavy (non-hydrogen) atoms. The lowest BCUT2D eigenvalue weighted by Gasteiger charge is -2.17. The van der Waals surface area contributed by atoms with Crippen LogP contribution in [-0.2, 0) is 6.54 Å². The molecule has 3 heteroatoms. The normalized spacial score (nSPS) is 12.2. The topological polar surface area (TPSA) is 21.3 Å². The molecule has 0 spiro atoms. The number of hydrogen-bond donors (Lipinski definition) is 1. The van der Waals surface area contributed by atoms with Crippen molar-refractivity contribution in [2.45, 2.75) is 19.5 Å². The zero-order valence-corrected chi connectivity index (χ0v) is 12.8. The van der Waals surface area contributed by atoms with E-state index in [-0.39, 0.29) is 6.04 Å². The monoisotopic (exact) mass is 319 g/mol. The first-order chi connectivity index (χ1) is 9.22. The van der Waals surface area contributed by atoms with Crippen LogP contribution in [0.1, 0.15) is 24.1 Å². The number of nitrogens with one attached hydrogen (secondary N) is 1. The first kappa shape index (κ1) is 14.1. The van der Waals surface area contributed by atoms with Gasteiger partial charge >= 0.3 is 0 Å². The largest absolute Gasteiger partial charge is 0.496 e. The van der Waals surface area contributed by atoms with Crippen LogP contribution in [0.3, 0.4) is 0 Å². The van der Waals surface area contributed by atoms with Crippen molar-refractivity contribution >= 4 is 15.9 Å². The van der Waals surface area contributed by atoms with Gasteiger partial charge in [-0.3, -0.25) is 0 Å². The molecule has 0 heterocycles. The van der Waals surface area contributed by atoms with Gasteiger partial charge in [-0.1, -0.05) is 52.3 Å². The minimum atomic E-state index is 0.239. The summed E-state index contributed by atoms with van der Waals surface area (Å²) in [4.78, 5) is 0. The van der Waals surface area contributed by atoms with Crippen molar-refractivity contribution in [1.29, 1.82) is 0 Å². The highest BCUT2D eigenvalue weighted by atomic mass is 79.9. The van der Waals surface area contributed by atoms with Gasteiger partial charge in [-0.05, 0) is 24.6 Å². The average Bonchev–Trinajstić information content (AvgIpc) is 2.46. The van der Waals surface area contributed by atoms with E-state index in [1.54, 1.807) is 7.11 Å². The van der Waals surface area contributed by atoms with Gasteiger partial charge in [0.2, 0.25) is 0 Å². The molecule has 0 bridgehead atoms. The van der Waals surface area contributed by atoms with E-state index in [9.17, 15) is 0 Å². The third kappa shape index (κ3) is 3.58. The Morgan fingerprint density at radius 2 is 1.79 bits per heavy atom. The number of methoxy groups -OCH3 is 1. The summed E-state index contributed by atoms with van der Waals surface area (Å²) < 4.78 is 6.53. The van der Waals surface area contributed by atoms with Gasteiger partial charge in [0.05, 0.1) is 7.11 Å². The second-order valence-electron chi connectivity index (χ2n) is 4.44. The number of ether oxygens (including phenoxy) is 1. The van der Waals surface area contributed by atoms with Gasteiger partial charge in [-0.25, -0.2) is 0 Å². The lowest BCUT2D eigenvalue weighted by atomic mass is 10.1. The highest BCUT2D eigenvalue weighted by Gasteiger charge is 2.10. The van der Waals surface area contributed by atoms with Gasteiger partial charge in [0.1, 0.15) is 5.75 Å². The lowest BCUT2D eigenvalue weighted by molar-refractivity contribution is 0.401. The fourth-order valence-electron chi connectivity index (χ4n) is 2.04. The molecule has 2 rings (SSSR count). The molecule has 0 aliphatic carbocycles. The Morgan fingerprint density at radius 3 is 2.53 bits per heavy atom. The molecule has 0 saturated heterocycles. The first-order valence-corrected chi connectivity index (χ1v) is 7.11. The lowest BCUT2D eigenvalue weighted by Crippen LogP contribution is -2.18. The number of halogens is 1. The summed E-state index contributed by atoms with van der Waals surface area (Å²) in [5.41, 5.74) is 2.43. The Bertz CT molecular complexity index is 542. The number of benzene rings is 2. The smallest absolute Gasteiger partial charge is 0.123 e. The van der Waals surface area contributed by atoms with Crippen molar-refractivity contribution in [3.8, 4) is 5.75 Å². The predicted molar refractivity (Wildman–Crippen MR) is 82.4 cm³/mol. The van der Waals surface area contributed by atoms with Gasteiger partial charge in [0.15, 0.2) is 0 Å². The maximum Gasteiger partial charge on any atom is 0.123 e. The molecule has 0 radical (unpaired) electrons. The second-order valence-corrected chi connectivity index (χ2v) is 5.29. The maximum atomic E-state index is 5.39. The van der Waals surface area contributed by atoms with Crippen molar-refractivity contribution < 1.29 is 4.74 Å². The highest BCUT2D eigenvalue weighted by molar-refractivity contribution is 9.10. The van der Waals surface area contributed by atoms with Gasteiger partial charge in [0, 0.05) is 22.6 Å². The fraction of sp³-hybridized carbons (Fsp3) is 0.250. The average molecular weight is 320 g/mol. The van der Waals surface area contributed by atoms with E-state index in [4.69, 9.17) is 4.74 Å². The minimum Gasteiger partial charge on any atom is -0.496 e. The van der Waals surface area contributed by atoms with Crippen LogP contribution in [0.15, 0.2) is 53.0 Å². The third-order valence-electron chi connectivity index (χ3n) is 3.16. The van der Waals surface area contributed by atoms with Crippen LogP contribution < -0.4 is 10.1 Å². The molecule has 2 aromatic carbocycles. The number of rotatable bonds is 5. The van der Waals surface area contributed by atoms with Crippen LogP contribution in [0.25, 0.3) is 0 Å². The summed E-state index contributed by atoms with van der Waals surface area (Å²) in [7, 11) is 1.71. The molecular weight excluding hydrogens is 302 g/mol. The summed E-state index contributed by atoms with van der Waals surface area (Å²) in [5, 5.41) is 3.52. The van der Waals surface area contributed by atoms with E-state index in [0.29, 0.717) is 0 Å². The Morgan fingerprint density at radius 1 is 1.11 bits per heavy atom. The van der Waals surface area contributed by atoms with E-state index >= 15 is 0 Å². The van der Waals surface area contributed by atoms with Crippen molar-refractivity contribution in [2.75, 3.05) is 7.11 Å². The van der Waals surface area contributed by atoms with E-state index in [1.807, 2.05) is 24.3 Å². The molecular formula is C16H18BrNO. The molecule has 0 aliphatic rings. The van der Waals surface area contributed by atoms with Crippen LogP contribution in [-0.4, -0.2) is 7.11 Å². The molecule has 0 saturated carbocycles. The zero-order chi connectivity index (χ0) is 13.7. The summed E-state index contributed by atoms with van der Waals surface area (Å²) >= 11 is 3.57. The van der Waals surface area contributed by atoms with E-state index < -0.39 is 0 Å². The summed E-state index contributed by atoms with van der Waals surface area (Å²) in [6, 6.07) is 16.6. The predicted octanol–water partition coefficient (Wildman–Crippen LogP) is 4.31. The van der Waals surface area contributed by atoms with E-state index in [1.165, 1.54) is 11.1 Å². The molecule has 0 amide bonds. The molecule has 2 aromatic rings. The Hall–Kier alpha value is -1.32. The van der Waals surface area contributed by atoms with Crippen molar-refractivity contribution in [3.05, 3.63) is 64.1 Å². The van der Waals surface area contributed by atoms with Crippen LogP contribution in [0.5, 0.6) is 5.75 Å². The van der Waals surface area contributed by atoms with Crippen LogP contribution in [0.4, 0.5) is 0 Å². The molecule has 100 valence electrons. The third-order valence-corrected chi connectivity index (χ3v) is 3.94. The van der Waals surface area contributed by atoms with Gasteiger partial charge in [-0.15, -0.1) is 0 Å². The van der Waals surface area contributed by atoms with Crippen LogP contribution >= 0.6 is 15.9 Å². The SMILES string of the molecule is COc1ccccc1[C@H](C)NCc1ccccc1Br. The molecule has 0 aliphatic heterocycles. The Labute approximate surface area is 122 Å². The molecule has 0 fully saturated rings. The summed E-state index contributed by atoms with van der Waals surface area (Å²) in [5.74, 6) is 0.926. The second kappa shape index (κ2) is 6.73. The van der Waals surface area contributed by atoms with Crippen LogP contribution in [0.2, 0.25) is 0 Å². The van der Waals surface area contributed by atoms with E-state index in [0.717, 1.165) is 16.8 Å². The molecule has 0 aromatic heterocycles. The van der Waals surface area contributed by atoms with Gasteiger partial charge in [-0.2, -0.15) is 0 Å². The van der Waals surface area contributed by atoms with Crippen molar-refractivity contribution in [1.82, 2.24) is 5.32 Å². The highest BCUT2D eigenvalue weighted by Crippen LogP contribution is 2.25. The number of hydrogen-bond acceptors (Lipinski definition) is 2. The van der Waals surface area contributed by atoms with Crippen LogP contribution in [0, 0.1) is 0 Å². The maximum absolute atomic E-state index is 5.39. The molecule has 1 N–H and O–H groups in total. The van der Waals surface area contributed by atoms with Crippen molar-refractivity contribution in [3.63, 3.8) is 0 Å². The standard InChI is InChI=1S/C16H18BrNO/c1-12(14-8-4-6-10-16(14)19-2)18-11-13-7-3-5-9-15(13)17/h3-10,12,18H,11H2,1-2H3/t12-/m0/s1. The first-order valence-electron chi connectivity index (χ1n) is 6.32. The quantitative estimate of drug-likeness (QED) is 0.886. The molecule has 1 atom stereocenters. The summed E-state index contributed by atoms with van der Waals surface area (Å²) in [6.07, 6.45) is 0. The minimum absolute atomic E-state index is 0.239. The van der Waals surface area contributed by atoms with Gasteiger partial charge < -0.3 is 10.1 Å². The zero-order valence-electron chi connectivity index (χ0n) is 11.2. The van der Waals surface area contributed by atoms with Gasteiger partial charge in [0.25, 0.3) is 0 Å². The van der Waals surface area contributed by atoms with Crippen molar-refractivity contribution in [2.24, 2.45) is 0 Å². The summed E-state index contributed by atoms with van der Waals surface area (Å²) in [6.45, 7) is 2.97. The van der Waals surface area contributed by atoms with E-state index in [2.05, 4.69) is 52.4 Å².